The Morgan fingerprint density at radius 3 is 2.88 bits per heavy atom. The van der Waals surface area contributed by atoms with Gasteiger partial charge in [-0.25, -0.2) is 0 Å². The summed E-state index contributed by atoms with van der Waals surface area (Å²) in [6.07, 6.45) is 1.58. The normalized spacial score (nSPS) is 13.8. The average molecular weight is 112 g/mol. The Morgan fingerprint density at radius 1 is 1.88 bits per heavy atom. The maximum Gasteiger partial charge on any atom is 0.153 e. The monoisotopic (exact) mass is 112 g/mol. The highest BCUT2D eigenvalue weighted by molar-refractivity contribution is 4.97. The second-order valence-electron chi connectivity index (χ2n) is 1.70. The zero-order valence-corrected chi connectivity index (χ0v) is 4.66. The first-order chi connectivity index (χ1) is 3.80. The van der Waals surface area contributed by atoms with Crippen molar-refractivity contribution in [3.8, 4) is 0 Å². The molecule has 8 heavy (non-hydrogen) atoms. The van der Waals surface area contributed by atoms with Gasteiger partial charge in [-0.2, -0.15) is 0 Å². The predicted molar refractivity (Wildman–Crippen MR) is 29.1 cm³/mol. The molecule has 2 N–H and O–H groups in total. The van der Waals surface area contributed by atoms with Gasteiger partial charge in [0.25, 0.3) is 0 Å². The molecule has 1 atom stereocenters. The standard InChI is InChI=1S/C5H8N2O/c1-4(6)5-2-3-7-8-5/h2-4H,6H2,1H3/t4-/m1/s1. The van der Waals surface area contributed by atoms with Crippen molar-refractivity contribution in [2.75, 3.05) is 0 Å². The number of hydrogen-bond acceptors (Lipinski definition) is 3. The quantitative estimate of drug-likeness (QED) is 0.581. The minimum atomic E-state index is -0.0440. The smallest absolute Gasteiger partial charge is 0.153 e. The summed E-state index contributed by atoms with van der Waals surface area (Å²) < 4.78 is 4.72. The Bertz CT molecular complexity index is 145. The van der Waals surface area contributed by atoms with Crippen LogP contribution in [0.3, 0.4) is 0 Å². The zero-order chi connectivity index (χ0) is 5.98. The third-order valence-electron chi connectivity index (χ3n) is 0.907. The van der Waals surface area contributed by atoms with Crippen molar-refractivity contribution < 1.29 is 4.52 Å². The summed E-state index contributed by atoms with van der Waals surface area (Å²) in [5, 5.41) is 3.49. The minimum Gasteiger partial charge on any atom is -0.360 e. The Balaban J connectivity index is 2.77. The fourth-order valence-corrected chi connectivity index (χ4v) is 0.461. The first kappa shape index (κ1) is 5.31. The molecular formula is C5H8N2O. The van der Waals surface area contributed by atoms with Gasteiger partial charge in [0, 0.05) is 6.07 Å². The Morgan fingerprint density at radius 2 is 2.62 bits per heavy atom. The van der Waals surface area contributed by atoms with Crippen LogP contribution in [-0.4, -0.2) is 5.16 Å². The number of nitrogens with zero attached hydrogens (tertiary/aromatic N) is 1. The zero-order valence-electron chi connectivity index (χ0n) is 4.66. The first-order valence-corrected chi connectivity index (χ1v) is 2.47. The van der Waals surface area contributed by atoms with Crippen molar-refractivity contribution in [3.63, 3.8) is 0 Å². The molecule has 0 saturated heterocycles. The number of rotatable bonds is 1. The molecule has 0 aliphatic heterocycles. The molecule has 0 aliphatic carbocycles. The fourth-order valence-electron chi connectivity index (χ4n) is 0.461. The molecule has 1 heterocycles. The van der Waals surface area contributed by atoms with Gasteiger partial charge in [-0.1, -0.05) is 5.16 Å². The van der Waals surface area contributed by atoms with E-state index >= 15 is 0 Å². The minimum absolute atomic E-state index is 0.0440. The van der Waals surface area contributed by atoms with Gasteiger partial charge in [-0.05, 0) is 6.92 Å². The number of nitrogens with two attached hydrogens (primary N) is 1. The molecule has 3 heteroatoms. The highest BCUT2D eigenvalue weighted by atomic mass is 16.5. The Hall–Kier alpha value is -0.830. The third-order valence-corrected chi connectivity index (χ3v) is 0.907. The second-order valence-corrected chi connectivity index (χ2v) is 1.70. The van der Waals surface area contributed by atoms with Crippen LogP contribution in [0.1, 0.15) is 18.7 Å². The van der Waals surface area contributed by atoms with E-state index in [1.165, 1.54) is 0 Å². The molecule has 0 radical (unpaired) electrons. The van der Waals surface area contributed by atoms with Crippen LogP contribution in [0.15, 0.2) is 16.8 Å². The van der Waals surface area contributed by atoms with Crippen molar-refractivity contribution in [3.05, 3.63) is 18.0 Å². The van der Waals surface area contributed by atoms with Crippen LogP contribution in [0.25, 0.3) is 0 Å². The van der Waals surface area contributed by atoms with Crippen LogP contribution in [0.4, 0.5) is 0 Å². The van der Waals surface area contributed by atoms with E-state index in [0.717, 1.165) is 5.76 Å². The highest BCUT2D eigenvalue weighted by Crippen LogP contribution is 2.05. The van der Waals surface area contributed by atoms with E-state index < -0.39 is 0 Å². The molecule has 1 aromatic heterocycles. The van der Waals surface area contributed by atoms with Crippen LogP contribution in [0.5, 0.6) is 0 Å². The summed E-state index contributed by atoms with van der Waals surface area (Å²) in [7, 11) is 0. The van der Waals surface area contributed by atoms with Gasteiger partial charge < -0.3 is 10.3 Å². The van der Waals surface area contributed by atoms with Crippen LogP contribution in [0.2, 0.25) is 0 Å². The van der Waals surface area contributed by atoms with Gasteiger partial charge in [0.05, 0.1) is 12.2 Å². The van der Waals surface area contributed by atoms with Crippen LogP contribution in [0, 0.1) is 0 Å². The van der Waals surface area contributed by atoms with Crippen LogP contribution < -0.4 is 5.73 Å². The largest absolute Gasteiger partial charge is 0.360 e. The van der Waals surface area contributed by atoms with Crippen molar-refractivity contribution in [2.24, 2.45) is 5.73 Å². The Labute approximate surface area is 47.5 Å². The predicted octanol–water partition coefficient (Wildman–Crippen LogP) is 0.694. The van der Waals surface area contributed by atoms with E-state index in [1.54, 1.807) is 12.3 Å². The topological polar surface area (TPSA) is 52.0 Å². The van der Waals surface area contributed by atoms with Gasteiger partial charge in [0.1, 0.15) is 0 Å². The SMILES string of the molecule is C[C@@H](N)c1ccno1. The lowest BCUT2D eigenvalue weighted by Gasteiger charge is -1.93. The van der Waals surface area contributed by atoms with E-state index in [9.17, 15) is 0 Å². The third kappa shape index (κ3) is 0.869. The molecule has 0 amide bonds. The first-order valence-electron chi connectivity index (χ1n) is 2.47. The van der Waals surface area contributed by atoms with Crippen molar-refractivity contribution in [1.82, 2.24) is 5.16 Å². The molecule has 1 aromatic rings. The molecule has 0 aromatic carbocycles. The molecule has 0 unspecified atom stereocenters. The van der Waals surface area contributed by atoms with Gasteiger partial charge in [-0.3, -0.25) is 0 Å². The van der Waals surface area contributed by atoms with Gasteiger partial charge in [-0.15, -0.1) is 0 Å². The van der Waals surface area contributed by atoms with Crippen LogP contribution >= 0.6 is 0 Å². The lowest BCUT2D eigenvalue weighted by atomic mass is 10.3. The van der Waals surface area contributed by atoms with Gasteiger partial charge in [0.2, 0.25) is 0 Å². The molecule has 0 spiro atoms. The Kier molecular flexibility index (Phi) is 1.30. The molecule has 0 bridgehead atoms. The summed E-state index contributed by atoms with van der Waals surface area (Å²) in [5.74, 6) is 0.727. The molecule has 1 rings (SSSR count). The fraction of sp³-hybridized carbons (Fsp3) is 0.400. The summed E-state index contributed by atoms with van der Waals surface area (Å²) in [5.41, 5.74) is 5.42. The lowest BCUT2D eigenvalue weighted by molar-refractivity contribution is 0.367. The number of hydrogen-bond donors (Lipinski definition) is 1. The van der Waals surface area contributed by atoms with E-state index in [2.05, 4.69) is 5.16 Å². The highest BCUT2D eigenvalue weighted by Gasteiger charge is 1.99. The summed E-state index contributed by atoms with van der Waals surface area (Å²) in [4.78, 5) is 0. The molecule has 0 fully saturated rings. The average Bonchev–Trinajstić information content (AvgIpc) is 2.12. The van der Waals surface area contributed by atoms with Crippen molar-refractivity contribution >= 4 is 0 Å². The molecule has 0 saturated carbocycles. The molecule has 44 valence electrons. The lowest BCUT2D eigenvalue weighted by Crippen LogP contribution is -2.02. The van der Waals surface area contributed by atoms with E-state index in [0.29, 0.717) is 0 Å². The summed E-state index contributed by atoms with van der Waals surface area (Å²) in [6, 6.07) is 1.71. The van der Waals surface area contributed by atoms with Crippen molar-refractivity contribution in [1.29, 1.82) is 0 Å². The summed E-state index contributed by atoms with van der Waals surface area (Å²) >= 11 is 0. The van der Waals surface area contributed by atoms with Crippen LogP contribution in [-0.2, 0) is 0 Å². The van der Waals surface area contributed by atoms with E-state index in [1.807, 2.05) is 6.92 Å². The second kappa shape index (κ2) is 1.96. The molecule has 3 nitrogen and oxygen atoms in total. The molecular weight excluding hydrogens is 104 g/mol. The van der Waals surface area contributed by atoms with Gasteiger partial charge >= 0.3 is 0 Å². The molecule has 0 aliphatic rings. The maximum atomic E-state index is 5.42. The van der Waals surface area contributed by atoms with E-state index in [-0.39, 0.29) is 6.04 Å². The summed E-state index contributed by atoms with van der Waals surface area (Å²) in [6.45, 7) is 1.85. The number of aromatic nitrogens is 1. The van der Waals surface area contributed by atoms with E-state index in [4.69, 9.17) is 10.3 Å². The maximum absolute atomic E-state index is 5.42. The van der Waals surface area contributed by atoms with Gasteiger partial charge in [0.15, 0.2) is 5.76 Å². The van der Waals surface area contributed by atoms with Crippen molar-refractivity contribution in [2.45, 2.75) is 13.0 Å².